The molecule has 3 rings (SSSR count). The summed E-state index contributed by atoms with van der Waals surface area (Å²) < 4.78 is 5.28. The van der Waals surface area contributed by atoms with Gasteiger partial charge in [0.2, 0.25) is 0 Å². The van der Waals surface area contributed by atoms with Crippen LogP contribution in [0.2, 0.25) is 0 Å². The lowest BCUT2D eigenvalue weighted by Crippen LogP contribution is -1.97. The molecule has 0 saturated carbocycles. The van der Waals surface area contributed by atoms with Crippen molar-refractivity contribution < 1.29 is 14.5 Å². The molecule has 0 atom stereocenters. The number of nitro groups is 1. The second-order valence-electron chi connectivity index (χ2n) is 5.21. The molecule has 0 bridgehead atoms. The normalized spacial score (nSPS) is 15.4. The van der Waals surface area contributed by atoms with Gasteiger partial charge in [-0.3, -0.25) is 10.1 Å². The molecular weight excluding hydrogens is 294 g/mol. The number of carbonyl (C=O) groups excluding carboxylic acids is 1. The molecule has 0 aliphatic carbocycles. The average Bonchev–Trinajstić information content (AvgIpc) is 2.89. The Balaban J connectivity index is 1.88. The lowest BCUT2D eigenvalue weighted by molar-refractivity contribution is -0.384. The number of aryl methyl sites for hydroxylation is 1. The van der Waals surface area contributed by atoms with Crippen LogP contribution in [-0.4, -0.2) is 10.9 Å². The molecule has 0 saturated heterocycles. The highest BCUT2D eigenvalue weighted by atomic mass is 16.6. The van der Waals surface area contributed by atoms with Crippen molar-refractivity contribution in [2.24, 2.45) is 0 Å². The third-order valence-electron chi connectivity index (χ3n) is 3.49. The molecule has 1 aliphatic rings. The van der Waals surface area contributed by atoms with Gasteiger partial charge in [0, 0.05) is 17.7 Å². The van der Waals surface area contributed by atoms with Crippen molar-refractivity contribution in [3.05, 3.63) is 87.0 Å². The molecule has 0 aromatic heterocycles. The number of nitrogens with zero attached hydrogens (tertiary/aromatic N) is 1. The van der Waals surface area contributed by atoms with Crippen molar-refractivity contribution in [2.75, 3.05) is 0 Å². The van der Waals surface area contributed by atoms with E-state index in [-0.39, 0.29) is 5.69 Å². The van der Waals surface area contributed by atoms with E-state index in [2.05, 4.69) is 0 Å². The van der Waals surface area contributed by atoms with Crippen LogP contribution in [0.3, 0.4) is 0 Å². The Labute approximate surface area is 132 Å². The smallest absolute Gasteiger partial charge is 0.343 e. The molecule has 5 heteroatoms. The Kier molecular flexibility index (Phi) is 3.76. The highest BCUT2D eigenvalue weighted by Crippen LogP contribution is 2.27. The maximum Gasteiger partial charge on any atom is 0.343 e. The summed E-state index contributed by atoms with van der Waals surface area (Å²) in [5.41, 5.74) is 3.08. The van der Waals surface area contributed by atoms with Crippen LogP contribution >= 0.6 is 0 Å². The van der Waals surface area contributed by atoms with Gasteiger partial charge in [0.25, 0.3) is 5.69 Å². The highest BCUT2D eigenvalue weighted by Gasteiger charge is 2.21. The number of ether oxygens (including phenoxy) is 1. The van der Waals surface area contributed by atoms with Crippen molar-refractivity contribution >= 4 is 23.5 Å². The molecular formula is C18H13NO4. The maximum absolute atomic E-state index is 12.0. The molecule has 0 amide bonds. The Morgan fingerprint density at radius 2 is 1.70 bits per heavy atom. The average molecular weight is 307 g/mol. The molecule has 0 radical (unpaired) electrons. The molecule has 5 nitrogen and oxygen atoms in total. The van der Waals surface area contributed by atoms with Crippen LogP contribution in [0.4, 0.5) is 5.69 Å². The fourth-order valence-electron chi connectivity index (χ4n) is 2.22. The van der Waals surface area contributed by atoms with Crippen LogP contribution in [-0.2, 0) is 9.53 Å². The minimum absolute atomic E-state index is 0.0111. The third kappa shape index (κ3) is 3.18. The Hall–Kier alpha value is -3.21. The van der Waals surface area contributed by atoms with Gasteiger partial charge in [-0.05, 0) is 36.8 Å². The summed E-state index contributed by atoms with van der Waals surface area (Å²) in [6, 6.07) is 13.7. The van der Waals surface area contributed by atoms with E-state index in [1.54, 1.807) is 24.3 Å². The van der Waals surface area contributed by atoms with Gasteiger partial charge in [0.15, 0.2) is 0 Å². The molecule has 2 aromatic rings. The second-order valence-corrected chi connectivity index (χ2v) is 5.21. The minimum atomic E-state index is -0.462. The first kappa shape index (κ1) is 14.7. The summed E-state index contributed by atoms with van der Waals surface area (Å²) in [5.74, 6) is 0.0714. The Bertz CT molecular complexity index is 830. The fraction of sp³-hybridized carbons (Fsp3) is 0.0556. The van der Waals surface area contributed by atoms with Crippen LogP contribution in [0.25, 0.3) is 11.8 Å². The number of hydrogen-bond donors (Lipinski definition) is 0. The van der Waals surface area contributed by atoms with Gasteiger partial charge < -0.3 is 4.74 Å². The van der Waals surface area contributed by atoms with Crippen molar-refractivity contribution in [3.8, 4) is 0 Å². The van der Waals surface area contributed by atoms with E-state index in [1.807, 2.05) is 31.2 Å². The molecule has 2 aromatic carbocycles. The largest absolute Gasteiger partial charge is 0.422 e. The molecule has 114 valence electrons. The standard InChI is InChI=1S/C18H13NO4/c1-12-2-6-14(7-3-12)17-11-15(18(20)23-17)10-13-4-8-16(9-5-13)19(21)22/h2-11H,1H3. The van der Waals surface area contributed by atoms with Crippen LogP contribution in [0.1, 0.15) is 16.7 Å². The van der Waals surface area contributed by atoms with Gasteiger partial charge in [-0.1, -0.05) is 29.8 Å². The number of non-ortho nitro benzene ring substituents is 1. The molecule has 0 spiro atoms. The zero-order valence-electron chi connectivity index (χ0n) is 12.4. The topological polar surface area (TPSA) is 69.4 Å². The van der Waals surface area contributed by atoms with Gasteiger partial charge >= 0.3 is 5.97 Å². The van der Waals surface area contributed by atoms with Crippen LogP contribution in [0, 0.1) is 17.0 Å². The second kappa shape index (κ2) is 5.88. The van der Waals surface area contributed by atoms with Gasteiger partial charge in [-0.2, -0.15) is 0 Å². The number of esters is 1. The van der Waals surface area contributed by atoms with Crippen molar-refractivity contribution in [1.29, 1.82) is 0 Å². The number of benzene rings is 2. The lowest BCUT2D eigenvalue weighted by Gasteiger charge is -2.01. The SMILES string of the molecule is Cc1ccc(C2=CC(=Cc3ccc([N+](=O)[O-])cc3)C(=O)O2)cc1. The van der Waals surface area contributed by atoms with Crippen molar-refractivity contribution in [2.45, 2.75) is 6.92 Å². The minimum Gasteiger partial charge on any atom is -0.422 e. The molecule has 23 heavy (non-hydrogen) atoms. The zero-order chi connectivity index (χ0) is 16.4. The first-order chi connectivity index (χ1) is 11.0. The predicted molar refractivity (Wildman–Crippen MR) is 86.3 cm³/mol. The molecule has 0 unspecified atom stereocenters. The monoisotopic (exact) mass is 307 g/mol. The van der Waals surface area contributed by atoms with Gasteiger partial charge in [0.05, 0.1) is 10.5 Å². The first-order valence-corrected chi connectivity index (χ1v) is 7.00. The van der Waals surface area contributed by atoms with E-state index in [9.17, 15) is 14.9 Å². The summed E-state index contributed by atoms with van der Waals surface area (Å²) in [5, 5.41) is 10.6. The van der Waals surface area contributed by atoms with E-state index >= 15 is 0 Å². The van der Waals surface area contributed by atoms with Gasteiger partial charge in [0.1, 0.15) is 5.76 Å². The van der Waals surface area contributed by atoms with Crippen LogP contribution in [0.5, 0.6) is 0 Å². The predicted octanol–water partition coefficient (Wildman–Crippen LogP) is 3.88. The number of rotatable bonds is 3. The maximum atomic E-state index is 12.0. The van der Waals surface area contributed by atoms with E-state index in [0.717, 1.165) is 11.1 Å². The summed E-state index contributed by atoms with van der Waals surface area (Å²) in [6.07, 6.45) is 3.32. The first-order valence-electron chi connectivity index (χ1n) is 7.00. The molecule has 1 heterocycles. The van der Waals surface area contributed by atoms with E-state index in [0.29, 0.717) is 16.9 Å². The number of carbonyl (C=O) groups is 1. The number of hydrogen-bond acceptors (Lipinski definition) is 4. The molecule has 0 fully saturated rings. The van der Waals surface area contributed by atoms with Gasteiger partial charge in [-0.15, -0.1) is 0 Å². The van der Waals surface area contributed by atoms with E-state index in [1.165, 1.54) is 12.1 Å². The van der Waals surface area contributed by atoms with Gasteiger partial charge in [-0.25, -0.2) is 4.79 Å². The van der Waals surface area contributed by atoms with Crippen LogP contribution in [0.15, 0.2) is 60.2 Å². The Morgan fingerprint density at radius 3 is 2.30 bits per heavy atom. The van der Waals surface area contributed by atoms with E-state index < -0.39 is 10.9 Å². The van der Waals surface area contributed by atoms with Crippen LogP contribution < -0.4 is 0 Å². The van der Waals surface area contributed by atoms with Crippen molar-refractivity contribution in [1.82, 2.24) is 0 Å². The zero-order valence-corrected chi connectivity index (χ0v) is 12.4. The van der Waals surface area contributed by atoms with Crippen molar-refractivity contribution in [3.63, 3.8) is 0 Å². The quantitative estimate of drug-likeness (QED) is 0.373. The van der Waals surface area contributed by atoms with E-state index in [4.69, 9.17) is 4.74 Å². The summed E-state index contributed by atoms with van der Waals surface area (Å²) in [6.45, 7) is 1.98. The molecule has 0 N–H and O–H groups in total. The number of cyclic esters (lactones) is 1. The third-order valence-corrected chi connectivity index (χ3v) is 3.49. The lowest BCUT2D eigenvalue weighted by atomic mass is 10.1. The molecule has 1 aliphatic heterocycles. The summed E-state index contributed by atoms with van der Waals surface area (Å²) in [7, 11) is 0. The Morgan fingerprint density at radius 1 is 1.04 bits per heavy atom. The highest BCUT2D eigenvalue weighted by molar-refractivity contribution is 6.05. The fourth-order valence-corrected chi connectivity index (χ4v) is 2.22. The summed E-state index contributed by atoms with van der Waals surface area (Å²) >= 11 is 0. The summed E-state index contributed by atoms with van der Waals surface area (Å²) in [4.78, 5) is 22.1. The number of nitro benzene ring substituents is 1.